The van der Waals surface area contributed by atoms with Crippen molar-refractivity contribution >= 4 is 20.9 Å². The van der Waals surface area contributed by atoms with E-state index in [0.717, 1.165) is 5.39 Å². The Labute approximate surface area is 142 Å². The van der Waals surface area contributed by atoms with Gasteiger partial charge in [0.15, 0.2) is 0 Å². The summed E-state index contributed by atoms with van der Waals surface area (Å²) in [6, 6.07) is 9.44. The molecule has 0 heterocycles. The first-order valence-corrected chi connectivity index (χ1v) is 5.95. The predicted octanol–water partition coefficient (Wildman–Crippen LogP) is -1.24. The first-order valence-electron chi connectivity index (χ1n) is 4.54. The van der Waals surface area contributed by atoms with Crippen molar-refractivity contribution in [2.75, 3.05) is 7.11 Å². The van der Waals surface area contributed by atoms with E-state index >= 15 is 0 Å². The summed E-state index contributed by atoms with van der Waals surface area (Å²) in [4.78, 5) is -0.217. The van der Waals surface area contributed by atoms with E-state index in [-0.39, 0.29) is 56.3 Å². The van der Waals surface area contributed by atoms with Crippen LogP contribution in [0.1, 0.15) is 0 Å². The maximum absolute atomic E-state index is 10.8. The Bertz CT molecular complexity index is 637. The molecule has 0 unspecified atom stereocenters. The first kappa shape index (κ1) is 15.1. The molecule has 4 nitrogen and oxygen atoms in total. The van der Waals surface area contributed by atoms with Crippen LogP contribution in [0.4, 0.5) is 0 Å². The van der Waals surface area contributed by atoms with Gasteiger partial charge in [-0.1, -0.05) is 12.1 Å². The zero-order valence-electron chi connectivity index (χ0n) is 9.51. The molecule has 6 heteroatoms. The van der Waals surface area contributed by atoms with Crippen LogP contribution in [0.5, 0.6) is 5.75 Å². The number of benzene rings is 2. The molecule has 0 aromatic heterocycles. The van der Waals surface area contributed by atoms with Crippen molar-refractivity contribution in [3.05, 3.63) is 36.4 Å². The van der Waals surface area contributed by atoms with E-state index in [2.05, 4.69) is 0 Å². The van der Waals surface area contributed by atoms with Gasteiger partial charge in [0.1, 0.15) is 15.9 Å². The summed E-state index contributed by atoms with van der Waals surface area (Å²) in [5.74, 6) is 0.685. The van der Waals surface area contributed by atoms with Crippen LogP contribution in [0.15, 0.2) is 41.3 Å². The fraction of sp³-hybridized carbons (Fsp3) is 0.0909. The standard InChI is InChI=1S/C11H10O4S.K/c1-15-10-4-2-9-7-11(16(12,13)14)5-3-8(9)6-10;/h2-7H,1H3,(H,12,13,14);/q;+1/p-1. The SMILES string of the molecule is COc1ccc2cc(S(=O)(=O)[O-])ccc2c1.[K+]. The van der Waals surface area contributed by atoms with E-state index in [1.54, 1.807) is 31.4 Å². The minimum Gasteiger partial charge on any atom is -0.744 e. The second-order valence-electron chi connectivity index (χ2n) is 3.33. The second-order valence-corrected chi connectivity index (χ2v) is 4.71. The van der Waals surface area contributed by atoms with Crippen molar-refractivity contribution in [3.8, 4) is 5.75 Å². The molecule has 0 N–H and O–H groups in total. The minimum absolute atomic E-state index is 0. The Balaban J connectivity index is 0.00000144. The molecule has 0 radical (unpaired) electrons. The number of methoxy groups -OCH3 is 1. The third kappa shape index (κ3) is 3.51. The van der Waals surface area contributed by atoms with E-state index in [1.165, 1.54) is 12.1 Å². The summed E-state index contributed by atoms with van der Waals surface area (Å²) in [6.45, 7) is 0. The summed E-state index contributed by atoms with van der Waals surface area (Å²) in [7, 11) is -2.84. The monoisotopic (exact) mass is 276 g/mol. The second kappa shape index (κ2) is 5.79. The quantitative estimate of drug-likeness (QED) is 0.508. The van der Waals surface area contributed by atoms with Crippen LogP contribution in [0.2, 0.25) is 0 Å². The van der Waals surface area contributed by atoms with Crippen molar-refractivity contribution in [3.63, 3.8) is 0 Å². The predicted molar refractivity (Wildman–Crippen MR) is 58.5 cm³/mol. The summed E-state index contributed by atoms with van der Waals surface area (Å²) >= 11 is 0. The Hall–Kier alpha value is 0.0464. The molecule has 0 aliphatic rings. The summed E-state index contributed by atoms with van der Waals surface area (Å²) in [6.07, 6.45) is 0. The normalized spacial score (nSPS) is 10.9. The maximum Gasteiger partial charge on any atom is 1.00 e. The number of fused-ring (bicyclic) bond motifs is 1. The van der Waals surface area contributed by atoms with Crippen molar-refractivity contribution in [1.82, 2.24) is 0 Å². The topological polar surface area (TPSA) is 66.4 Å². The van der Waals surface area contributed by atoms with Gasteiger partial charge in [-0.15, -0.1) is 0 Å². The summed E-state index contributed by atoms with van der Waals surface area (Å²) < 4.78 is 37.5. The Morgan fingerprint density at radius 3 is 2.24 bits per heavy atom. The van der Waals surface area contributed by atoms with Gasteiger partial charge < -0.3 is 9.29 Å². The van der Waals surface area contributed by atoms with E-state index in [1.807, 2.05) is 0 Å². The van der Waals surface area contributed by atoms with Crippen molar-refractivity contribution in [2.24, 2.45) is 0 Å². The number of rotatable bonds is 2. The van der Waals surface area contributed by atoms with Crippen molar-refractivity contribution in [2.45, 2.75) is 4.90 Å². The largest absolute Gasteiger partial charge is 1.00 e. The van der Waals surface area contributed by atoms with Crippen LogP contribution in [-0.2, 0) is 10.1 Å². The van der Waals surface area contributed by atoms with Gasteiger partial charge in [-0.3, -0.25) is 0 Å². The fourth-order valence-electron chi connectivity index (χ4n) is 1.48. The average Bonchev–Trinajstić information content (AvgIpc) is 2.26. The van der Waals surface area contributed by atoms with E-state index in [0.29, 0.717) is 11.1 Å². The first-order chi connectivity index (χ1) is 7.50. The van der Waals surface area contributed by atoms with Gasteiger partial charge >= 0.3 is 51.4 Å². The molecular weight excluding hydrogens is 267 g/mol. The molecule has 0 aliphatic heterocycles. The molecule has 0 spiro atoms. The molecule has 17 heavy (non-hydrogen) atoms. The molecule has 2 aromatic rings. The van der Waals surface area contributed by atoms with Gasteiger partial charge in [0.2, 0.25) is 0 Å². The molecule has 0 fully saturated rings. The molecule has 2 rings (SSSR count). The molecular formula is C11H9KO4S. The number of hydrogen-bond acceptors (Lipinski definition) is 4. The molecule has 0 bridgehead atoms. The molecule has 0 amide bonds. The maximum atomic E-state index is 10.8. The Morgan fingerprint density at radius 1 is 1.06 bits per heavy atom. The molecule has 0 atom stereocenters. The van der Waals surface area contributed by atoms with E-state index in [9.17, 15) is 13.0 Å². The van der Waals surface area contributed by atoms with E-state index < -0.39 is 10.1 Å². The van der Waals surface area contributed by atoms with Crippen molar-refractivity contribution < 1.29 is 69.1 Å². The van der Waals surface area contributed by atoms with Gasteiger partial charge in [-0.2, -0.15) is 0 Å². The Morgan fingerprint density at radius 2 is 1.65 bits per heavy atom. The van der Waals surface area contributed by atoms with Crippen LogP contribution in [0.3, 0.4) is 0 Å². The fourth-order valence-corrected chi connectivity index (χ4v) is 1.99. The van der Waals surface area contributed by atoms with Crippen molar-refractivity contribution in [1.29, 1.82) is 0 Å². The van der Waals surface area contributed by atoms with Crippen LogP contribution < -0.4 is 56.1 Å². The minimum atomic E-state index is -4.39. The number of hydrogen-bond donors (Lipinski definition) is 0. The average molecular weight is 276 g/mol. The van der Waals surface area contributed by atoms with Gasteiger partial charge in [0, 0.05) is 0 Å². The van der Waals surface area contributed by atoms with Crippen LogP contribution in [-0.4, -0.2) is 20.1 Å². The summed E-state index contributed by atoms with van der Waals surface area (Å²) in [5.41, 5.74) is 0. The number of ether oxygens (including phenoxy) is 1. The van der Waals surface area contributed by atoms with Gasteiger partial charge in [-0.25, -0.2) is 8.42 Å². The van der Waals surface area contributed by atoms with Gasteiger partial charge in [-0.05, 0) is 35.0 Å². The molecule has 0 saturated heterocycles. The van der Waals surface area contributed by atoms with E-state index in [4.69, 9.17) is 4.74 Å². The molecule has 0 saturated carbocycles. The summed E-state index contributed by atoms with van der Waals surface area (Å²) in [5, 5.41) is 1.52. The molecule has 0 aliphatic carbocycles. The van der Waals surface area contributed by atoms with Gasteiger partial charge in [0.05, 0.1) is 12.0 Å². The van der Waals surface area contributed by atoms with Crippen LogP contribution in [0, 0.1) is 0 Å². The zero-order valence-corrected chi connectivity index (χ0v) is 13.4. The van der Waals surface area contributed by atoms with Crippen LogP contribution >= 0.6 is 0 Å². The Kier molecular flexibility index (Phi) is 5.15. The third-order valence-corrected chi connectivity index (χ3v) is 3.14. The van der Waals surface area contributed by atoms with Gasteiger partial charge in [0.25, 0.3) is 0 Å². The molecule has 2 aromatic carbocycles. The van der Waals surface area contributed by atoms with Crippen LogP contribution in [0.25, 0.3) is 10.8 Å². The zero-order chi connectivity index (χ0) is 11.8. The molecule has 84 valence electrons. The third-order valence-electron chi connectivity index (χ3n) is 2.31. The smallest absolute Gasteiger partial charge is 0.744 e.